The molecule has 0 rings (SSSR count). The van der Waals surface area contributed by atoms with Gasteiger partial charge in [-0.05, 0) is 12.8 Å². The molecule has 1 N–H and O–H groups in total. The summed E-state index contributed by atoms with van der Waals surface area (Å²) in [5.74, 6) is 0. The molecule has 1 atom stereocenters. The Bertz CT molecular complexity index is 151. The molecule has 0 aliphatic heterocycles. The summed E-state index contributed by atoms with van der Waals surface area (Å²) in [6.45, 7) is 2.02. The van der Waals surface area contributed by atoms with E-state index in [1.807, 2.05) is 6.92 Å². The molecule has 0 aromatic rings. The molecular weight excluding hydrogens is 181 g/mol. The summed E-state index contributed by atoms with van der Waals surface area (Å²) in [6, 6.07) is 0. The van der Waals surface area contributed by atoms with Crippen LogP contribution in [0.3, 0.4) is 0 Å². The van der Waals surface area contributed by atoms with Crippen molar-refractivity contribution in [3.63, 3.8) is 0 Å². The van der Waals surface area contributed by atoms with Crippen LogP contribution >= 0.6 is 0 Å². The van der Waals surface area contributed by atoms with Crippen molar-refractivity contribution in [2.24, 2.45) is 0 Å². The van der Waals surface area contributed by atoms with Crippen molar-refractivity contribution < 1.29 is 18.3 Å². The van der Waals surface area contributed by atoms with E-state index in [1.54, 1.807) is 0 Å². The zero-order valence-corrected chi connectivity index (χ0v) is 7.64. The van der Waals surface area contributed by atoms with Gasteiger partial charge in [-0.2, -0.15) is 13.2 Å². The first-order valence-electron chi connectivity index (χ1n) is 4.40. The van der Waals surface area contributed by atoms with E-state index in [1.165, 1.54) is 6.08 Å². The fraction of sp³-hybridized carbons (Fsp3) is 0.778. The Kier molecular flexibility index (Phi) is 5.79. The number of aliphatic hydroxyl groups is 1. The number of unbranched alkanes of at least 4 members (excludes halogenated alkanes) is 3. The molecule has 0 bridgehead atoms. The average molecular weight is 196 g/mol. The lowest BCUT2D eigenvalue weighted by Gasteiger charge is -2.09. The Morgan fingerprint density at radius 1 is 1.31 bits per heavy atom. The van der Waals surface area contributed by atoms with Gasteiger partial charge in [-0.15, -0.1) is 0 Å². The molecule has 0 saturated heterocycles. The molecule has 0 aromatic heterocycles. The van der Waals surface area contributed by atoms with Gasteiger partial charge in [0.15, 0.2) is 6.10 Å². The predicted molar refractivity (Wildman–Crippen MR) is 45.3 cm³/mol. The summed E-state index contributed by atoms with van der Waals surface area (Å²) in [5, 5.41) is 8.53. The van der Waals surface area contributed by atoms with E-state index in [0.717, 1.165) is 25.3 Å². The van der Waals surface area contributed by atoms with Crippen LogP contribution in [-0.2, 0) is 0 Å². The molecule has 13 heavy (non-hydrogen) atoms. The van der Waals surface area contributed by atoms with Crippen LogP contribution in [0.25, 0.3) is 0 Å². The number of alkyl halides is 3. The molecule has 4 heteroatoms. The van der Waals surface area contributed by atoms with Gasteiger partial charge >= 0.3 is 6.18 Å². The Hall–Kier alpha value is -0.510. The number of halogens is 3. The summed E-state index contributed by atoms with van der Waals surface area (Å²) in [7, 11) is 0. The van der Waals surface area contributed by atoms with Crippen molar-refractivity contribution in [1.82, 2.24) is 0 Å². The second-order valence-electron chi connectivity index (χ2n) is 2.91. The zero-order chi connectivity index (χ0) is 10.3. The van der Waals surface area contributed by atoms with E-state index in [4.69, 9.17) is 5.11 Å². The Balaban J connectivity index is 3.60. The van der Waals surface area contributed by atoms with E-state index in [-0.39, 0.29) is 0 Å². The Morgan fingerprint density at radius 3 is 2.38 bits per heavy atom. The van der Waals surface area contributed by atoms with Crippen LogP contribution in [-0.4, -0.2) is 17.4 Å². The fourth-order valence-electron chi connectivity index (χ4n) is 0.846. The third kappa shape index (κ3) is 6.63. The van der Waals surface area contributed by atoms with Gasteiger partial charge in [-0.1, -0.05) is 31.9 Å². The van der Waals surface area contributed by atoms with Crippen molar-refractivity contribution in [2.45, 2.75) is 44.9 Å². The SMILES string of the molecule is CCCCCC=CC(O)C(F)(F)F. The molecule has 0 aromatic carbocycles. The number of hydrogen-bond donors (Lipinski definition) is 1. The lowest BCUT2D eigenvalue weighted by molar-refractivity contribution is -0.187. The van der Waals surface area contributed by atoms with Gasteiger partial charge in [-0.3, -0.25) is 0 Å². The van der Waals surface area contributed by atoms with Gasteiger partial charge in [0.05, 0.1) is 0 Å². The Labute approximate surface area is 76.3 Å². The second-order valence-corrected chi connectivity index (χ2v) is 2.91. The van der Waals surface area contributed by atoms with Crippen molar-refractivity contribution in [2.75, 3.05) is 0 Å². The average Bonchev–Trinajstić information content (AvgIpc) is 2.02. The minimum Gasteiger partial charge on any atom is -0.380 e. The molecule has 1 nitrogen and oxygen atoms in total. The van der Waals surface area contributed by atoms with E-state index >= 15 is 0 Å². The van der Waals surface area contributed by atoms with Gasteiger partial charge in [-0.25, -0.2) is 0 Å². The number of allylic oxidation sites excluding steroid dienone is 1. The maximum Gasteiger partial charge on any atom is 0.417 e. The summed E-state index contributed by atoms with van der Waals surface area (Å²) in [4.78, 5) is 0. The third-order valence-corrected chi connectivity index (χ3v) is 1.63. The number of aliphatic hydroxyl groups excluding tert-OH is 1. The standard InChI is InChI=1S/C9H15F3O/c1-2-3-4-5-6-7-8(13)9(10,11)12/h6-8,13H,2-5H2,1H3. The molecular formula is C9H15F3O. The van der Waals surface area contributed by atoms with Gasteiger partial charge in [0, 0.05) is 0 Å². The molecule has 0 amide bonds. The predicted octanol–water partition coefficient (Wildman–Crippen LogP) is 3.05. The van der Waals surface area contributed by atoms with Crippen molar-refractivity contribution in [3.05, 3.63) is 12.2 Å². The first-order chi connectivity index (χ1) is 5.98. The highest BCUT2D eigenvalue weighted by molar-refractivity contribution is 4.92. The zero-order valence-electron chi connectivity index (χ0n) is 7.64. The van der Waals surface area contributed by atoms with Crippen LogP contribution < -0.4 is 0 Å². The molecule has 0 aliphatic carbocycles. The molecule has 0 radical (unpaired) electrons. The smallest absolute Gasteiger partial charge is 0.380 e. The van der Waals surface area contributed by atoms with Crippen LogP contribution in [0.4, 0.5) is 13.2 Å². The molecule has 78 valence electrons. The molecule has 0 aliphatic rings. The van der Waals surface area contributed by atoms with Crippen LogP contribution in [0.15, 0.2) is 12.2 Å². The summed E-state index contributed by atoms with van der Waals surface area (Å²) in [5.41, 5.74) is 0. The second kappa shape index (κ2) is 6.02. The van der Waals surface area contributed by atoms with Crippen molar-refractivity contribution >= 4 is 0 Å². The minimum atomic E-state index is -4.53. The van der Waals surface area contributed by atoms with E-state index in [9.17, 15) is 13.2 Å². The normalized spacial score (nSPS) is 15.2. The van der Waals surface area contributed by atoms with Gasteiger partial charge in [0.1, 0.15) is 0 Å². The highest BCUT2D eigenvalue weighted by Crippen LogP contribution is 2.20. The summed E-state index contributed by atoms with van der Waals surface area (Å²) < 4.78 is 35.2. The summed E-state index contributed by atoms with van der Waals surface area (Å²) in [6.07, 6.45) is -1.14. The highest BCUT2D eigenvalue weighted by Gasteiger charge is 2.35. The van der Waals surface area contributed by atoms with Crippen molar-refractivity contribution in [3.8, 4) is 0 Å². The molecule has 0 heterocycles. The quantitative estimate of drug-likeness (QED) is 0.529. The van der Waals surface area contributed by atoms with Gasteiger partial charge < -0.3 is 5.11 Å². The van der Waals surface area contributed by atoms with E-state index in [2.05, 4.69) is 0 Å². The summed E-state index contributed by atoms with van der Waals surface area (Å²) >= 11 is 0. The van der Waals surface area contributed by atoms with Crippen LogP contribution in [0.2, 0.25) is 0 Å². The fourth-order valence-corrected chi connectivity index (χ4v) is 0.846. The van der Waals surface area contributed by atoms with E-state index < -0.39 is 12.3 Å². The van der Waals surface area contributed by atoms with Crippen LogP contribution in [0.5, 0.6) is 0 Å². The van der Waals surface area contributed by atoms with Gasteiger partial charge in [0.2, 0.25) is 0 Å². The maximum atomic E-state index is 11.7. The molecule has 1 unspecified atom stereocenters. The topological polar surface area (TPSA) is 20.2 Å². The first-order valence-corrected chi connectivity index (χ1v) is 4.40. The minimum absolute atomic E-state index is 0.598. The van der Waals surface area contributed by atoms with E-state index in [0.29, 0.717) is 6.42 Å². The number of hydrogen-bond acceptors (Lipinski definition) is 1. The largest absolute Gasteiger partial charge is 0.417 e. The third-order valence-electron chi connectivity index (χ3n) is 1.63. The lowest BCUT2D eigenvalue weighted by Crippen LogP contribution is -2.25. The monoisotopic (exact) mass is 196 g/mol. The molecule has 0 spiro atoms. The lowest BCUT2D eigenvalue weighted by atomic mass is 10.2. The maximum absolute atomic E-state index is 11.7. The molecule has 0 fully saturated rings. The Morgan fingerprint density at radius 2 is 1.92 bits per heavy atom. The van der Waals surface area contributed by atoms with Gasteiger partial charge in [0.25, 0.3) is 0 Å². The first kappa shape index (κ1) is 12.5. The highest BCUT2D eigenvalue weighted by atomic mass is 19.4. The van der Waals surface area contributed by atoms with Crippen LogP contribution in [0.1, 0.15) is 32.6 Å². The van der Waals surface area contributed by atoms with Crippen molar-refractivity contribution in [1.29, 1.82) is 0 Å². The number of rotatable bonds is 5. The molecule has 0 saturated carbocycles. The van der Waals surface area contributed by atoms with Crippen LogP contribution in [0, 0.1) is 0 Å².